The van der Waals surface area contributed by atoms with Crippen LogP contribution in [0.25, 0.3) is 0 Å². The second kappa shape index (κ2) is 8.26. The Kier molecular flexibility index (Phi) is 5.72. The van der Waals surface area contributed by atoms with Crippen LogP contribution in [-0.2, 0) is 34.7 Å². The van der Waals surface area contributed by atoms with Crippen molar-refractivity contribution in [2.75, 3.05) is 6.61 Å². The summed E-state index contributed by atoms with van der Waals surface area (Å²) in [5.41, 5.74) is 0.981. The van der Waals surface area contributed by atoms with Crippen LogP contribution in [0.15, 0.2) is 48.5 Å². The van der Waals surface area contributed by atoms with Gasteiger partial charge in [0.1, 0.15) is 6.61 Å². The van der Waals surface area contributed by atoms with Gasteiger partial charge in [-0.3, -0.25) is 19.7 Å². The zero-order valence-electron chi connectivity index (χ0n) is 22.8. The molecule has 6 heteroatoms. The Morgan fingerprint density at radius 1 is 0.946 bits per heavy atom. The van der Waals surface area contributed by atoms with Gasteiger partial charge in [0.25, 0.3) is 0 Å². The van der Waals surface area contributed by atoms with Crippen molar-refractivity contribution < 1.29 is 23.9 Å². The highest BCUT2D eigenvalue weighted by Crippen LogP contribution is 2.74. The molecule has 37 heavy (non-hydrogen) atoms. The molecule has 6 nitrogen and oxygen atoms in total. The highest BCUT2D eigenvalue weighted by atomic mass is 16.5. The third kappa shape index (κ3) is 3.37. The normalized spacial score (nSPS) is 28.0. The molecule has 0 saturated carbocycles. The third-order valence-corrected chi connectivity index (χ3v) is 8.71. The molecule has 3 aliphatic rings. The maximum absolute atomic E-state index is 13.6. The van der Waals surface area contributed by atoms with E-state index < -0.39 is 33.7 Å². The minimum absolute atomic E-state index is 0.0374. The van der Waals surface area contributed by atoms with Crippen molar-refractivity contribution >= 4 is 17.8 Å². The molecule has 4 unspecified atom stereocenters. The minimum Gasteiger partial charge on any atom is -0.464 e. The molecule has 2 amide bonds. The number of esters is 1. The quantitative estimate of drug-likeness (QED) is 0.435. The number of carbonyl (C=O) groups excluding carboxylic acids is 3. The molecule has 1 heterocycles. The van der Waals surface area contributed by atoms with Crippen LogP contribution >= 0.6 is 0 Å². The number of benzene rings is 2. The van der Waals surface area contributed by atoms with Gasteiger partial charge in [-0.25, -0.2) is 0 Å². The fourth-order valence-electron chi connectivity index (χ4n) is 7.93. The van der Waals surface area contributed by atoms with Gasteiger partial charge in [0.05, 0.1) is 28.5 Å². The number of rotatable bonds is 7. The first kappa shape index (κ1) is 25.7. The Labute approximate surface area is 219 Å². The van der Waals surface area contributed by atoms with Crippen LogP contribution in [0.5, 0.6) is 0 Å². The van der Waals surface area contributed by atoms with Crippen molar-refractivity contribution in [3.8, 4) is 0 Å². The number of carbonyl (C=O) groups is 3. The lowest BCUT2D eigenvalue weighted by Gasteiger charge is -2.62. The van der Waals surface area contributed by atoms with E-state index in [0.29, 0.717) is 6.42 Å². The monoisotopic (exact) mass is 503 g/mol. The van der Waals surface area contributed by atoms with Gasteiger partial charge in [0, 0.05) is 11.3 Å². The van der Waals surface area contributed by atoms with Crippen LogP contribution in [0.2, 0.25) is 0 Å². The lowest BCUT2D eigenvalue weighted by Crippen LogP contribution is -2.70. The molecule has 1 spiro atoms. The number of hydrogen-bond acceptors (Lipinski definition) is 5. The number of piperidine rings is 1. The van der Waals surface area contributed by atoms with E-state index in [1.54, 1.807) is 0 Å². The van der Waals surface area contributed by atoms with Crippen molar-refractivity contribution in [1.82, 2.24) is 5.32 Å². The molecule has 0 bridgehead atoms. The summed E-state index contributed by atoms with van der Waals surface area (Å²) in [5.74, 6) is -1.90. The van der Waals surface area contributed by atoms with Crippen molar-refractivity contribution in [1.29, 1.82) is 0 Å². The molecule has 1 aliphatic heterocycles. The molecule has 1 N–H and O–H groups in total. The molecule has 2 aliphatic carbocycles. The number of fused-ring (bicyclic) bond motifs is 5. The van der Waals surface area contributed by atoms with E-state index in [-0.39, 0.29) is 30.5 Å². The average Bonchev–Trinajstić information content (AvgIpc) is 3.02. The average molecular weight is 504 g/mol. The first-order valence-electron chi connectivity index (χ1n) is 13.2. The maximum atomic E-state index is 13.6. The van der Waals surface area contributed by atoms with E-state index in [1.165, 1.54) is 0 Å². The Hall–Kier alpha value is -2.99. The Bertz CT molecular complexity index is 1290. The van der Waals surface area contributed by atoms with Crippen molar-refractivity contribution in [3.63, 3.8) is 0 Å². The molecular weight excluding hydrogens is 466 g/mol. The number of ether oxygens (including phenoxy) is 2. The summed E-state index contributed by atoms with van der Waals surface area (Å²) in [5, 5.41) is 2.60. The first-order valence-corrected chi connectivity index (χ1v) is 13.2. The zero-order valence-corrected chi connectivity index (χ0v) is 22.8. The molecular formula is C31H37NO5. The summed E-state index contributed by atoms with van der Waals surface area (Å²) in [7, 11) is 0. The van der Waals surface area contributed by atoms with Gasteiger partial charge in [0.2, 0.25) is 11.8 Å². The summed E-state index contributed by atoms with van der Waals surface area (Å²) in [6.45, 7) is 13.7. The van der Waals surface area contributed by atoms with Crippen molar-refractivity contribution in [3.05, 3.63) is 70.8 Å². The van der Waals surface area contributed by atoms with Crippen LogP contribution in [0.4, 0.5) is 0 Å². The number of nitrogens with one attached hydrogen (secondary N) is 1. The second-order valence-corrected chi connectivity index (χ2v) is 12.5. The van der Waals surface area contributed by atoms with Gasteiger partial charge in [0.15, 0.2) is 0 Å². The molecule has 5 rings (SSSR count). The SMILES string of the molecule is CC(C)OC(C)(C)CC(C)(C)C(=O)OCC12c3ccccc3C3C(=O)NC(=O)C(C)C31c1ccccc12. The molecule has 2 aromatic rings. The number of imide groups is 1. The minimum atomic E-state index is -0.808. The topological polar surface area (TPSA) is 81.7 Å². The van der Waals surface area contributed by atoms with Gasteiger partial charge in [-0.2, -0.15) is 0 Å². The lowest BCUT2D eigenvalue weighted by atomic mass is 9.40. The number of hydrogen-bond donors (Lipinski definition) is 1. The molecule has 0 aromatic heterocycles. The highest BCUT2D eigenvalue weighted by Gasteiger charge is 2.77. The molecule has 196 valence electrons. The Morgan fingerprint density at radius 3 is 2.19 bits per heavy atom. The third-order valence-electron chi connectivity index (χ3n) is 8.71. The summed E-state index contributed by atoms with van der Waals surface area (Å²) < 4.78 is 12.3. The maximum Gasteiger partial charge on any atom is 0.311 e. The lowest BCUT2D eigenvalue weighted by molar-refractivity contribution is -0.164. The van der Waals surface area contributed by atoms with Gasteiger partial charge < -0.3 is 9.47 Å². The van der Waals surface area contributed by atoms with Gasteiger partial charge in [-0.05, 0) is 70.2 Å². The summed E-state index contributed by atoms with van der Waals surface area (Å²) in [4.78, 5) is 40.2. The molecule has 4 atom stereocenters. The van der Waals surface area contributed by atoms with E-state index in [4.69, 9.17) is 9.47 Å². The molecule has 2 aromatic carbocycles. The van der Waals surface area contributed by atoms with Gasteiger partial charge in [-0.1, -0.05) is 55.5 Å². The van der Waals surface area contributed by atoms with Crippen LogP contribution in [-0.4, -0.2) is 36.1 Å². The van der Waals surface area contributed by atoms with Crippen LogP contribution in [0, 0.1) is 11.3 Å². The standard InChI is InChI=1S/C31H37NO5/c1-18(2)37-29(6,7)16-28(4,5)27(35)36-17-30-21-13-9-8-12-20(21)24-26(34)32-25(33)19(3)31(24,30)23-15-11-10-14-22(23)30/h8-15,18-19,24H,16-17H2,1-7H3,(H,32,33,34). The summed E-state index contributed by atoms with van der Waals surface area (Å²) >= 11 is 0. The van der Waals surface area contributed by atoms with Gasteiger partial charge in [-0.15, -0.1) is 0 Å². The fraction of sp³-hybridized carbons (Fsp3) is 0.516. The van der Waals surface area contributed by atoms with E-state index in [9.17, 15) is 14.4 Å². The predicted molar refractivity (Wildman–Crippen MR) is 140 cm³/mol. The Morgan fingerprint density at radius 2 is 1.54 bits per heavy atom. The van der Waals surface area contributed by atoms with E-state index in [0.717, 1.165) is 22.3 Å². The smallest absolute Gasteiger partial charge is 0.311 e. The molecule has 0 radical (unpaired) electrons. The van der Waals surface area contributed by atoms with Crippen LogP contribution < -0.4 is 5.32 Å². The van der Waals surface area contributed by atoms with E-state index in [1.807, 2.05) is 97.0 Å². The van der Waals surface area contributed by atoms with Crippen LogP contribution in [0.3, 0.4) is 0 Å². The molecule has 1 saturated heterocycles. The summed E-state index contributed by atoms with van der Waals surface area (Å²) in [6, 6.07) is 15.9. The molecule has 1 fully saturated rings. The first-order chi connectivity index (χ1) is 17.3. The second-order valence-electron chi connectivity index (χ2n) is 12.5. The van der Waals surface area contributed by atoms with Crippen molar-refractivity contribution in [2.24, 2.45) is 11.3 Å². The number of amides is 2. The Balaban J connectivity index is 1.57. The van der Waals surface area contributed by atoms with Crippen molar-refractivity contribution in [2.45, 2.75) is 83.3 Å². The van der Waals surface area contributed by atoms with Crippen LogP contribution in [0.1, 0.15) is 83.1 Å². The zero-order chi connectivity index (χ0) is 27.0. The summed E-state index contributed by atoms with van der Waals surface area (Å²) in [6.07, 6.45) is 0.526. The fourth-order valence-corrected chi connectivity index (χ4v) is 7.93. The van der Waals surface area contributed by atoms with E-state index >= 15 is 0 Å². The largest absolute Gasteiger partial charge is 0.464 e. The van der Waals surface area contributed by atoms with Gasteiger partial charge >= 0.3 is 5.97 Å². The van der Waals surface area contributed by atoms with E-state index in [2.05, 4.69) is 5.32 Å². The predicted octanol–water partition coefficient (Wildman–Crippen LogP) is 4.78. The highest BCUT2D eigenvalue weighted by molar-refractivity contribution is 6.07.